The van der Waals surface area contributed by atoms with Gasteiger partial charge in [-0.25, -0.2) is 8.42 Å². The highest BCUT2D eigenvalue weighted by Crippen LogP contribution is 2.38. The van der Waals surface area contributed by atoms with Crippen LogP contribution < -0.4 is 10.5 Å². The summed E-state index contributed by atoms with van der Waals surface area (Å²) in [5, 5.41) is 0. The summed E-state index contributed by atoms with van der Waals surface area (Å²) in [6.45, 7) is 0.884. The highest BCUT2D eigenvalue weighted by molar-refractivity contribution is 7.89. The van der Waals surface area contributed by atoms with E-state index in [0.717, 1.165) is 12.8 Å². The van der Waals surface area contributed by atoms with E-state index in [4.69, 9.17) is 10.5 Å². The lowest BCUT2D eigenvalue weighted by Gasteiger charge is -2.26. The van der Waals surface area contributed by atoms with Gasteiger partial charge < -0.3 is 10.5 Å². The zero-order chi connectivity index (χ0) is 14.2. The number of nitrogen functional groups attached to an aromatic ring is 1. The highest BCUT2D eigenvalue weighted by Gasteiger charge is 2.43. The highest BCUT2D eigenvalue weighted by atomic mass is 32.2. The zero-order valence-electron chi connectivity index (χ0n) is 11.4. The Hall–Kier alpha value is -1.27. The molecule has 5 nitrogen and oxygen atoms in total. The van der Waals surface area contributed by atoms with Gasteiger partial charge in [0.1, 0.15) is 12.4 Å². The van der Waals surface area contributed by atoms with Gasteiger partial charge in [-0.1, -0.05) is 0 Å². The van der Waals surface area contributed by atoms with Crippen LogP contribution in [0.3, 0.4) is 0 Å². The van der Waals surface area contributed by atoms with Crippen molar-refractivity contribution in [1.29, 1.82) is 0 Å². The van der Waals surface area contributed by atoms with E-state index < -0.39 is 10.0 Å². The van der Waals surface area contributed by atoms with Crippen molar-refractivity contribution in [3.63, 3.8) is 0 Å². The Balaban J connectivity index is 1.54. The lowest BCUT2D eigenvalue weighted by Crippen LogP contribution is -2.40. The molecule has 2 aliphatic rings. The van der Waals surface area contributed by atoms with Crippen LogP contribution in [0.5, 0.6) is 5.75 Å². The molecule has 6 heteroatoms. The molecule has 1 aliphatic carbocycles. The summed E-state index contributed by atoms with van der Waals surface area (Å²) in [6.07, 6.45) is 3.24. The minimum absolute atomic E-state index is 0.0423. The van der Waals surface area contributed by atoms with Crippen molar-refractivity contribution in [2.75, 3.05) is 24.6 Å². The van der Waals surface area contributed by atoms with Crippen LogP contribution in [-0.2, 0) is 10.0 Å². The number of rotatable bonds is 5. The van der Waals surface area contributed by atoms with Gasteiger partial charge in [-0.3, -0.25) is 0 Å². The van der Waals surface area contributed by atoms with E-state index in [1.165, 1.54) is 6.42 Å². The lowest BCUT2D eigenvalue weighted by molar-refractivity contribution is 0.315. The Bertz CT molecular complexity index is 571. The summed E-state index contributed by atoms with van der Waals surface area (Å²) in [4.78, 5) is 0. The summed E-state index contributed by atoms with van der Waals surface area (Å²) in [6, 6.07) is 7.22. The molecular formula is C14H20N2O3S. The second kappa shape index (κ2) is 5.26. The number of nitrogens with two attached hydrogens (primary N) is 1. The van der Waals surface area contributed by atoms with E-state index in [2.05, 4.69) is 0 Å². The van der Waals surface area contributed by atoms with E-state index in [1.807, 2.05) is 0 Å². The lowest BCUT2D eigenvalue weighted by atomic mass is 10.1. The second-order valence-electron chi connectivity index (χ2n) is 5.64. The van der Waals surface area contributed by atoms with Crippen LogP contribution in [0.25, 0.3) is 0 Å². The predicted molar refractivity (Wildman–Crippen MR) is 78.0 cm³/mol. The topological polar surface area (TPSA) is 72.6 Å². The molecule has 1 aromatic carbocycles. The second-order valence-corrected chi connectivity index (χ2v) is 7.68. The molecule has 1 saturated heterocycles. The fourth-order valence-corrected chi connectivity index (χ4v) is 4.78. The van der Waals surface area contributed by atoms with Crippen molar-refractivity contribution in [3.8, 4) is 5.75 Å². The molecule has 2 unspecified atom stereocenters. The van der Waals surface area contributed by atoms with Crippen LogP contribution in [0.2, 0.25) is 0 Å². The van der Waals surface area contributed by atoms with Gasteiger partial charge in [0.25, 0.3) is 0 Å². The number of fused-ring (bicyclic) bond motifs is 2. The number of hydrogen-bond donors (Lipinski definition) is 1. The number of piperidine rings is 1. The van der Waals surface area contributed by atoms with E-state index >= 15 is 0 Å². The summed E-state index contributed by atoms with van der Waals surface area (Å²) in [5.41, 5.74) is 6.25. The first kappa shape index (κ1) is 13.7. The SMILES string of the molecule is Nc1ccc(OCCS(=O)(=O)N2CC3CCC2C3)cc1. The molecule has 0 spiro atoms. The van der Waals surface area contributed by atoms with E-state index in [0.29, 0.717) is 23.9 Å². The molecule has 110 valence electrons. The fraction of sp³-hybridized carbons (Fsp3) is 0.571. The number of benzene rings is 1. The maximum atomic E-state index is 12.3. The molecule has 2 fully saturated rings. The zero-order valence-corrected chi connectivity index (χ0v) is 12.2. The average molecular weight is 296 g/mol. The van der Waals surface area contributed by atoms with Gasteiger partial charge in [-0.05, 0) is 49.4 Å². The van der Waals surface area contributed by atoms with Gasteiger partial charge in [-0.15, -0.1) is 0 Å². The summed E-state index contributed by atoms with van der Waals surface area (Å²) in [5.74, 6) is 1.27. The Morgan fingerprint density at radius 2 is 2.00 bits per heavy atom. The van der Waals surface area contributed by atoms with Crippen LogP contribution in [0.15, 0.2) is 24.3 Å². The molecule has 2 bridgehead atoms. The molecule has 2 N–H and O–H groups in total. The minimum atomic E-state index is -3.19. The predicted octanol–water partition coefficient (Wildman–Crippen LogP) is 1.46. The molecule has 0 amide bonds. The van der Waals surface area contributed by atoms with Crippen molar-refractivity contribution in [1.82, 2.24) is 4.31 Å². The normalized spacial score (nSPS) is 26.0. The van der Waals surface area contributed by atoms with Crippen LogP contribution in [-0.4, -0.2) is 37.7 Å². The van der Waals surface area contributed by atoms with Crippen LogP contribution in [0.4, 0.5) is 5.69 Å². The largest absolute Gasteiger partial charge is 0.492 e. The van der Waals surface area contributed by atoms with Crippen molar-refractivity contribution in [2.45, 2.75) is 25.3 Å². The maximum absolute atomic E-state index is 12.3. The first-order chi connectivity index (χ1) is 9.54. The molecule has 1 heterocycles. The molecule has 1 saturated carbocycles. The van der Waals surface area contributed by atoms with E-state index in [1.54, 1.807) is 28.6 Å². The minimum Gasteiger partial charge on any atom is -0.492 e. The van der Waals surface area contributed by atoms with Gasteiger partial charge in [-0.2, -0.15) is 4.31 Å². The molecule has 1 aromatic rings. The van der Waals surface area contributed by atoms with Gasteiger partial charge in [0.2, 0.25) is 10.0 Å². The van der Waals surface area contributed by atoms with Crippen molar-refractivity contribution in [3.05, 3.63) is 24.3 Å². The van der Waals surface area contributed by atoms with Crippen molar-refractivity contribution >= 4 is 15.7 Å². The van der Waals surface area contributed by atoms with Crippen molar-refractivity contribution in [2.24, 2.45) is 5.92 Å². The number of hydrogen-bond acceptors (Lipinski definition) is 4. The Labute approximate surface area is 119 Å². The number of nitrogens with zero attached hydrogens (tertiary/aromatic N) is 1. The average Bonchev–Trinajstić information content (AvgIpc) is 3.04. The summed E-state index contributed by atoms with van der Waals surface area (Å²) >= 11 is 0. The van der Waals surface area contributed by atoms with E-state index in [9.17, 15) is 8.42 Å². The molecule has 20 heavy (non-hydrogen) atoms. The number of ether oxygens (including phenoxy) is 1. The molecule has 3 rings (SSSR count). The number of sulfonamides is 1. The fourth-order valence-electron chi connectivity index (χ4n) is 3.17. The molecule has 0 aromatic heterocycles. The quantitative estimate of drug-likeness (QED) is 0.835. The van der Waals surface area contributed by atoms with Crippen molar-refractivity contribution < 1.29 is 13.2 Å². The first-order valence-corrected chi connectivity index (χ1v) is 8.63. The maximum Gasteiger partial charge on any atom is 0.217 e. The van der Waals surface area contributed by atoms with Gasteiger partial charge >= 0.3 is 0 Å². The molecular weight excluding hydrogens is 276 g/mol. The summed E-state index contributed by atoms with van der Waals surface area (Å²) in [7, 11) is -3.19. The Morgan fingerprint density at radius 1 is 1.25 bits per heavy atom. The molecule has 0 radical (unpaired) electrons. The van der Waals surface area contributed by atoms with Gasteiger partial charge in [0, 0.05) is 18.3 Å². The third-order valence-corrected chi connectivity index (χ3v) is 6.05. The Kier molecular flexibility index (Phi) is 3.60. The third-order valence-electron chi connectivity index (χ3n) is 4.21. The monoisotopic (exact) mass is 296 g/mol. The standard InChI is InChI=1S/C14H20N2O3S/c15-12-2-5-14(6-3-12)19-7-8-20(17,18)16-10-11-1-4-13(16)9-11/h2-3,5-6,11,13H,1,4,7-10,15H2. The first-order valence-electron chi connectivity index (χ1n) is 7.02. The van der Waals surface area contributed by atoms with Gasteiger partial charge in [0.05, 0.1) is 5.75 Å². The van der Waals surface area contributed by atoms with Crippen LogP contribution >= 0.6 is 0 Å². The van der Waals surface area contributed by atoms with E-state index in [-0.39, 0.29) is 18.4 Å². The van der Waals surface area contributed by atoms with Crippen LogP contribution in [0.1, 0.15) is 19.3 Å². The molecule has 1 aliphatic heterocycles. The number of anilines is 1. The van der Waals surface area contributed by atoms with Crippen LogP contribution in [0, 0.1) is 5.92 Å². The Morgan fingerprint density at radius 3 is 2.60 bits per heavy atom. The molecule has 2 atom stereocenters. The van der Waals surface area contributed by atoms with Gasteiger partial charge in [0.15, 0.2) is 0 Å². The smallest absolute Gasteiger partial charge is 0.217 e. The summed E-state index contributed by atoms with van der Waals surface area (Å²) < 4.78 is 31.7. The third kappa shape index (κ3) is 2.76.